The van der Waals surface area contributed by atoms with E-state index < -0.39 is 0 Å². The predicted molar refractivity (Wildman–Crippen MR) is 92.3 cm³/mol. The van der Waals surface area contributed by atoms with Gasteiger partial charge in [-0.15, -0.1) is 22.9 Å². The standard InChI is InChI=1S/C17H18BrClS/c1-10-8-14(18)11(2)7-13(10)17(19)16-9-12-5-3-4-6-15(12)20-16/h7-9,17H,3-6H2,1-2H3. The van der Waals surface area contributed by atoms with Gasteiger partial charge in [-0.25, -0.2) is 0 Å². The van der Waals surface area contributed by atoms with E-state index >= 15 is 0 Å². The Morgan fingerprint density at radius 1 is 1.10 bits per heavy atom. The van der Waals surface area contributed by atoms with Crippen molar-refractivity contribution in [2.24, 2.45) is 0 Å². The molecule has 0 bridgehead atoms. The molecule has 0 nitrogen and oxygen atoms in total. The molecule has 1 aliphatic carbocycles. The quantitative estimate of drug-likeness (QED) is 0.542. The number of halogens is 2. The van der Waals surface area contributed by atoms with E-state index in [1.165, 1.54) is 52.8 Å². The molecular weight excluding hydrogens is 352 g/mol. The fraction of sp³-hybridized carbons (Fsp3) is 0.412. The summed E-state index contributed by atoms with van der Waals surface area (Å²) >= 11 is 12.3. The zero-order valence-electron chi connectivity index (χ0n) is 11.8. The molecule has 0 radical (unpaired) electrons. The average molecular weight is 370 g/mol. The Hall–Kier alpha value is -0.310. The minimum absolute atomic E-state index is 0.0163. The van der Waals surface area contributed by atoms with Gasteiger partial charge < -0.3 is 0 Å². The number of fused-ring (bicyclic) bond motifs is 1. The van der Waals surface area contributed by atoms with Crippen LogP contribution in [-0.2, 0) is 12.8 Å². The summed E-state index contributed by atoms with van der Waals surface area (Å²) in [5, 5.41) is -0.0163. The van der Waals surface area contributed by atoms with Crippen LogP contribution in [0.2, 0.25) is 0 Å². The highest BCUT2D eigenvalue weighted by Gasteiger charge is 2.20. The van der Waals surface area contributed by atoms with Crippen molar-refractivity contribution in [3.8, 4) is 0 Å². The van der Waals surface area contributed by atoms with E-state index in [2.05, 4.69) is 48.0 Å². The van der Waals surface area contributed by atoms with Gasteiger partial charge >= 0.3 is 0 Å². The molecule has 0 spiro atoms. The molecule has 0 N–H and O–H groups in total. The zero-order valence-corrected chi connectivity index (χ0v) is 15.0. The van der Waals surface area contributed by atoms with E-state index in [1.807, 2.05) is 11.3 Å². The molecular formula is C17H18BrClS. The lowest BCUT2D eigenvalue weighted by Crippen LogP contribution is -1.97. The van der Waals surface area contributed by atoms with Crippen molar-refractivity contribution < 1.29 is 0 Å². The molecule has 20 heavy (non-hydrogen) atoms. The number of rotatable bonds is 2. The molecule has 1 heterocycles. The Balaban J connectivity index is 1.98. The van der Waals surface area contributed by atoms with E-state index in [9.17, 15) is 0 Å². The van der Waals surface area contributed by atoms with Crippen LogP contribution in [0, 0.1) is 13.8 Å². The molecule has 0 saturated heterocycles. The fourth-order valence-corrected chi connectivity index (χ4v) is 5.01. The molecule has 106 valence electrons. The maximum atomic E-state index is 6.78. The van der Waals surface area contributed by atoms with Crippen LogP contribution in [0.3, 0.4) is 0 Å². The Bertz CT molecular complexity index is 621. The summed E-state index contributed by atoms with van der Waals surface area (Å²) in [6.07, 6.45) is 5.12. The van der Waals surface area contributed by atoms with Crippen molar-refractivity contribution in [1.29, 1.82) is 0 Å². The zero-order chi connectivity index (χ0) is 14.3. The Morgan fingerprint density at radius 2 is 1.85 bits per heavy atom. The number of thiophene rings is 1. The topological polar surface area (TPSA) is 0 Å². The molecule has 1 atom stereocenters. The van der Waals surface area contributed by atoms with Crippen LogP contribution in [0.1, 0.15) is 50.2 Å². The normalized spacial score (nSPS) is 16.0. The molecule has 0 fully saturated rings. The third-order valence-corrected chi connectivity index (χ3v) is 6.84. The average Bonchev–Trinajstić information content (AvgIpc) is 2.86. The molecule has 1 unspecified atom stereocenters. The molecule has 1 aliphatic rings. The molecule has 2 aromatic rings. The second kappa shape index (κ2) is 5.82. The van der Waals surface area contributed by atoms with Gasteiger partial charge in [0.15, 0.2) is 0 Å². The van der Waals surface area contributed by atoms with Crippen LogP contribution in [0.25, 0.3) is 0 Å². The van der Waals surface area contributed by atoms with Crippen LogP contribution >= 0.6 is 38.9 Å². The molecule has 0 amide bonds. The molecule has 1 aromatic heterocycles. The van der Waals surface area contributed by atoms with Gasteiger partial charge in [-0.2, -0.15) is 0 Å². The Labute approximate surface area is 138 Å². The van der Waals surface area contributed by atoms with Gasteiger partial charge in [0.25, 0.3) is 0 Å². The van der Waals surface area contributed by atoms with Crippen molar-refractivity contribution in [1.82, 2.24) is 0 Å². The number of benzene rings is 1. The van der Waals surface area contributed by atoms with Crippen LogP contribution in [-0.4, -0.2) is 0 Å². The number of alkyl halides is 1. The maximum Gasteiger partial charge on any atom is 0.0930 e. The van der Waals surface area contributed by atoms with Crippen LogP contribution in [0.5, 0.6) is 0 Å². The number of hydrogen-bond donors (Lipinski definition) is 0. The first kappa shape index (κ1) is 14.6. The van der Waals surface area contributed by atoms with Gasteiger partial charge in [0.1, 0.15) is 0 Å². The first-order chi connectivity index (χ1) is 9.56. The minimum Gasteiger partial charge on any atom is -0.143 e. The summed E-state index contributed by atoms with van der Waals surface area (Å²) in [6, 6.07) is 6.73. The van der Waals surface area contributed by atoms with Gasteiger partial charge in [0, 0.05) is 14.2 Å². The minimum atomic E-state index is -0.0163. The number of aryl methyl sites for hydroxylation is 4. The lowest BCUT2D eigenvalue weighted by Gasteiger charge is -2.13. The van der Waals surface area contributed by atoms with Gasteiger partial charge in [0.05, 0.1) is 5.38 Å². The first-order valence-corrected chi connectivity index (χ1v) is 9.13. The van der Waals surface area contributed by atoms with Crippen molar-refractivity contribution in [3.63, 3.8) is 0 Å². The van der Waals surface area contributed by atoms with Crippen molar-refractivity contribution >= 4 is 38.9 Å². The van der Waals surface area contributed by atoms with E-state index in [0.29, 0.717) is 0 Å². The van der Waals surface area contributed by atoms with Crippen LogP contribution in [0.15, 0.2) is 22.7 Å². The highest BCUT2D eigenvalue weighted by Crippen LogP contribution is 2.40. The van der Waals surface area contributed by atoms with Crippen molar-refractivity contribution in [2.75, 3.05) is 0 Å². The van der Waals surface area contributed by atoms with Crippen molar-refractivity contribution in [2.45, 2.75) is 44.9 Å². The van der Waals surface area contributed by atoms with E-state index in [4.69, 9.17) is 11.6 Å². The van der Waals surface area contributed by atoms with E-state index in [0.717, 1.165) is 4.47 Å². The Kier molecular flexibility index (Phi) is 4.26. The largest absolute Gasteiger partial charge is 0.143 e. The van der Waals surface area contributed by atoms with Crippen LogP contribution < -0.4 is 0 Å². The predicted octanol–water partition coefficient (Wildman–Crippen LogP) is 6.33. The monoisotopic (exact) mass is 368 g/mol. The third-order valence-electron chi connectivity index (χ3n) is 4.09. The summed E-state index contributed by atoms with van der Waals surface area (Å²) in [4.78, 5) is 2.87. The third kappa shape index (κ3) is 2.70. The summed E-state index contributed by atoms with van der Waals surface area (Å²) < 4.78 is 1.16. The highest BCUT2D eigenvalue weighted by molar-refractivity contribution is 9.10. The van der Waals surface area contributed by atoms with Gasteiger partial charge in [-0.1, -0.05) is 22.0 Å². The molecule has 3 heteroatoms. The fourth-order valence-electron chi connectivity index (χ4n) is 2.87. The SMILES string of the molecule is Cc1cc(C(Cl)c2cc3c(s2)CCCC3)c(C)cc1Br. The molecule has 3 rings (SSSR count). The highest BCUT2D eigenvalue weighted by atomic mass is 79.9. The van der Waals surface area contributed by atoms with Gasteiger partial charge in [-0.3, -0.25) is 0 Å². The van der Waals surface area contributed by atoms with Crippen LogP contribution in [0.4, 0.5) is 0 Å². The number of hydrogen-bond acceptors (Lipinski definition) is 1. The first-order valence-electron chi connectivity index (χ1n) is 7.08. The molecule has 1 aromatic carbocycles. The van der Waals surface area contributed by atoms with E-state index in [1.54, 1.807) is 4.88 Å². The second-order valence-electron chi connectivity index (χ2n) is 5.62. The summed E-state index contributed by atoms with van der Waals surface area (Å²) in [5.41, 5.74) is 5.28. The van der Waals surface area contributed by atoms with E-state index in [-0.39, 0.29) is 5.38 Å². The lowest BCUT2D eigenvalue weighted by molar-refractivity contribution is 0.697. The Morgan fingerprint density at radius 3 is 2.60 bits per heavy atom. The summed E-state index contributed by atoms with van der Waals surface area (Å²) in [7, 11) is 0. The maximum absolute atomic E-state index is 6.78. The second-order valence-corrected chi connectivity index (χ2v) is 8.08. The summed E-state index contributed by atoms with van der Waals surface area (Å²) in [5.74, 6) is 0. The molecule has 0 aliphatic heterocycles. The summed E-state index contributed by atoms with van der Waals surface area (Å²) in [6.45, 7) is 4.26. The van der Waals surface area contributed by atoms with Gasteiger partial charge in [0.2, 0.25) is 0 Å². The van der Waals surface area contributed by atoms with Crippen molar-refractivity contribution in [3.05, 3.63) is 54.7 Å². The lowest BCUT2D eigenvalue weighted by atomic mass is 9.97. The smallest absolute Gasteiger partial charge is 0.0930 e. The molecule has 0 saturated carbocycles. The van der Waals surface area contributed by atoms with Gasteiger partial charge in [-0.05, 0) is 73.9 Å².